The lowest BCUT2D eigenvalue weighted by Gasteiger charge is -2.16. The molecule has 1 unspecified atom stereocenters. The zero-order valence-electron chi connectivity index (χ0n) is 10.7. The first kappa shape index (κ1) is 13.7. The summed E-state index contributed by atoms with van der Waals surface area (Å²) < 4.78 is 0.950. The fourth-order valence-corrected chi connectivity index (χ4v) is 2.07. The predicted octanol–water partition coefficient (Wildman–Crippen LogP) is 1.44. The lowest BCUT2D eigenvalue weighted by molar-refractivity contribution is 0.372. The second-order valence-corrected chi connectivity index (χ2v) is 4.43. The Bertz CT molecular complexity index is 734. The summed E-state index contributed by atoms with van der Waals surface area (Å²) in [6.07, 6.45) is 0.457. The molecule has 2 aromatic rings. The fraction of sp³-hybridized carbons (Fsp3) is 0.231. The first-order chi connectivity index (χ1) is 9.54. The van der Waals surface area contributed by atoms with Gasteiger partial charge in [0.05, 0.1) is 0 Å². The molecule has 1 heterocycles. The maximum Gasteiger partial charge on any atom is 0.331 e. The lowest BCUT2D eigenvalue weighted by Crippen LogP contribution is -2.32. The van der Waals surface area contributed by atoms with Crippen LogP contribution in [0.15, 0.2) is 45.1 Å². The quantitative estimate of drug-likeness (QED) is 0.824. The Hall–Kier alpha value is -2.70. The molecule has 1 aromatic heterocycles. The molecular formula is C13H13N3O4. The first-order valence-electron chi connectivity index (χ1n) is 5.99. The maximum atomic E-state index is 11.8. The summed E-state index contributed by atoms with van der Waals surface area (Å²) in [5.74, 6) is -0.711. The van der Waals surface area contributed by atoms with Gasteiger partial charge in [-0.2, -0.15) is 0 Å². The van der Waals surface area contributed by atoms with Crippen LogP contribution in [0.5, 0.6) is 5.88 Å². The number of aromatic amines is 1. The van der Waals surface area contributed by atoms with Crippen LogP contribution in [0.4, 0.5) is 5.69 Å². The number of hydrogen-bond donors (Lipinski definition) is 2. The summed E-state index contributed by atoms with van der Waals surface area (Å²) >= 11 is 0. The molecule has 1 atom stereocenters. The molecule has 7 heteroatoms. The van der Waals surface area contributed by atoms with Gasteiger partial charge in [-0.15, -0.1) is 4.91 Å². The van der Waals surface area contributed by atoms with Crippen molar-refractivity contribution in [2.45, 2.75) is 19.4 Å². The van der Waals surface area contributed by atoms with Crippen LogP contribution in [0.25, 0.3) is 0 Å². The second-order valence-electron chi connectivity index (χ2n) is 4.43. The van der Waals surface area contributed by atoms with Gasteiger partial charge in [-0.05, 0) is 24.1 Å². The summed E-state index contributed by atoms with van der Waals surface area (Å²) in [6, 6.07) is 8.90. The largest absolute Gasteiger partial charge is 0.493 e. The Morgan fingerprint density at radius 2 is 1.95 bits per heavy atom. The second kappa shape index (κ2) is 5.52. The van der Waals surface area contributed by atoms with E-state index in [2.05, 4.69) is 5.18 Å². The highest BCUT2D eigenvalue weighted by atomic mass is 16.3. The molecule has 0 aliphatic carbocycles. The van der Waals surface area contributed by atoms with E-state index >= 15 is 0 Å². The third-order valence-electron chi connectivity index (χ3n) is 3.00. The maximum absolute atomic E-state index is 11.8. The Kier molecular flexibility index (Phi) is 3.79. The summed E-state index contributed by atoms with van der Waals surface area (Å²) in [5.41, 5.74) is -1.50. The van der Waals surface area contributed by atoms with Crippen LogP contribution in [0.1, 0.15) is 18.5 Å². The minimum Gasteiger partial charge on any atom is -0.493 e. The average Bonchev–Trinajstić information content (AvgIpc) is 2.39. The Labute approximate surface area is 113 Å². The molecule has 104 valence electrons. The van der Waals surface area contributed by atoms with Gasteiger partial charge in [0.15, 0.2) is 0 Å². The monoisotopic (exact) mass is 275 g/mol. The average molecular weight is 275 g/mol. The van der Waals surface area contributed by atoms with Gasteiger partial charge in [0, 0.05) is 6.04 Å². The van der Waals surface area contributed by atoms with Gasteiger partial charge < -0.3 is 5.11 Å². The van der Waals surface area contributed by atoms with Crippen molar-refractivity contribution in [2.24, 2.45) is 5.18 Å². The smallest absolute Gasteiger partial charge is 0.331 e. The number of nitrogens with one attached hydrogen (secondary N) is 1. The number of nitroso groups, excluding NO2 is 1. The molecule has 1 aromatic carbocycles. The van der Waals surface area contributed by atoms with Crippen molar-refractivity contribution in [2.75, 3.05) is 0 Å². The van der Waals surface area contributed by atoms with Gasteiger partial charge in [0.2, 0.25) is 11.6 Å². The van der Waals surface area contributed by atoms with E-state index in [1.54, 1.807) is 6.92 Å². The molecule has 2 N–H and O–H groups in total. The Morgan fingerprint density at radius 1 is 1.30 bits per heavy atom. The molecule has 20 heavy (non-hydrogen) atoms. The van der Waals surface area contributed by atoms with E-state index in [9.17, 15) is 19.6 Å². The minimum atomic E-state index is -0.995. The molecule has 0 bridgehead atoms. The molecule has 2 rings (SSSR count). The van der Waals surface area contributed by atoms with Gasteiger partial charge in [-0.3, -0.25) is 14.3 Å². The highest BCUT2D eigenvalue weighted by Gasteiger charge is 2.19. The molecule has 0 aliphatic rings. The van der Waals surface area contributed by atoms with Crippen molar-refractivity contribution < 1.29 is 5.11 Å². The highest BCUT2D eigenvalue weighted by Crippen LogP contribution is 2.23. The molecular weight excluding hydrogens is 262 g/mol. The van der Waals surface area contributed by atoms with Gasteiger partial charge in [-0.1, -0.05) is 30.3 Å². The number of aromatic nitrogens is 2. The molecule has 7 nitrogen and oxygen atoms in total. The summed E-state index contributed by atoms with van der Waals surface area (Å²) in [5, 5.41) is 12.3. The summed E-state index contributed by atoms with van der Waals surface area (Å²) in [4.78, 5) is 35.6. The molecule has 0 amide bonds. The number of benzene rings is 1. The molecule has 0 aliphatic heterocycles. The number of rotatable bonds is 4. The van der Waals surface area contributed by atoms with Crippen LogP contribution in [0, 0.1) is 4.91 Å². The number of H-pyrrole nitrogens is 1. The lowest BCUT2D eigenvalue weighted by atomic mass is 10.1. The zero-order valence-corrected chi connectivity index (χ0v) is 10.7. The standard InChI is InChI=1S/C13H13N3O4/c1-8(7-9-5-3-2-4-6-9)16-12(18)10(15-20)11(17)14-13(16)19/h2-6,8,18H,7H2,1H3,(H,14,17,19). The van der Waals surface area contributed by atoms with Crippen molar-refractivity contribution >= 4 is 5.69 Å². The third-order valence-corrected chi connectivity index (χ3v) is 3.00. The zero-order chi connectivity index (χ0) is 14.7. The first-order valence-corrected chi connectivity index (χ1v) is 5.99. The van der Waals surface area contributed by atoms with E-state index in [-0.39, 0.29) is 0 Å². The SMILES string of the molecule is CC(Cc1ccccc1)n1c(O)c(N=O)c(=O)[nH]c1=O. The summed E-state index contributed by atoms with van der Waals surface area (Å²) in [6.45, 7) is 1.70. The van der Waals surface area contributed by atoms with Crippen LogP contribution >= 0.6 is 0 Å². The van der Waals surface area contributed by atoms with Crippen LogP contribution in [-0.4, -0.2) is 14.7 Å². The van der Waals surface area contributed by atoms with Crippen molar-refractivity contribution in [3.05, 3.63) is 61.6 Å². The minimum absolute atomic E-state index is 0.442. The molecule has 0 saturated carbocycles. The predicted molar refractivity (Wildman–Crippen MR) is 73.3 cm³/mol. The van der Waals surface area contributed by atoms with E-state index in [0.29, 0.717) is 6.42 Å². The summed E-state index contributed by atoms with van der Waals surface area (Å²) in [7, 11) is 0. The van der Waals surface area contributed by atoms with Crippen molar-refractivity contribution in [1.29, 1.82) is 0 Å². The van der Waals surface area contributed by atoms with Gasteiger partial charge in [0.25, 0.3) is 5.56 Å². The van der Waals surface area contributed by atoms with Crippen LogP contribution in [0.3, 0.4) is 0 Å². The van der Waals surface area contributed by atoms with Crippen LogP contribution < -0.4 is 11.2 Å². The van der Waals surface area contributed by atoms with E-state index in [1.807, 2.05) is 35.3 Å². The van der Waals surface area contributed by atoms with Gasteiger partial charge in [0.1, 0.15) is 0 Å². The van der Waals surface area contributed by atoms with Crippen LogP contribution in [0.2, 0.25) is 0 Å². The molecule has 0 saturated heterocycles. The van der Waals surface area contributed by atoms with Crippen molar-refractivity contribution in [3.63, 3.8) is 0 Å². The number of aromatic hydroxyl groups is 1. The fourth-order valence-electron chi connectivity index (χ4n) is 2.07. The Morgan fingerprint density at radius 3 is 2.55 bits per heavy atom. The van der Waals surface area contributed by atoms with E-state index < -0.39 is 28.9 Å². The van der Waals surface area contributed by atoms with Gasteiger partial charge >= 0.3 is 5.69 Å². The number of nitrogens with zero attached hydrogens (tertiary/aromatic N) is 2. The Balaban J connectivity index is 2.45. The van der Waals surface area contributed by atoms with Crippen molar-refractivity contribution in [1.82, 2.24) is 9.55 Å². The van der Waals surface area contributed by atoms with E-state index in [4.69, 9.17) is 0 Å². The van der Waals surface area contributed by atoms with Crippen molar-refractivity contribution in [3.8, 4) is 5.88 Å². The third kappa shape index (κ3) is 2.51. The highest BCUT2D eigenvalue weighted by molar-refractivity contribution is 5.43. The molecule has 0 fully saturated rings. The molecule has 0 spiro atoms. The normalized spacial score (nSPS) is 12.1. The van der Waals surface area contributed by atoms with E-state index in [1.165, 1.54) is 0 Å². The number of hydrogen-bond acceptors (Lipinski definition) is 5. The van der Waals surface area contributed by atoms with E-state index in [0.717, 1.165) is 10.1 Å². The molecule has 0 radical (unpaired) electrons. The van der Waals surface area contributed by atoms with Gasteiger partial charge in [-0.25, -0.2) is 4.79 Å². The van der Waals surface area contributed by atoms with Crippen LogP contribution in [-0.2, 0) is 6.42 Å². The topological polar surface area (TPSA) is 105 Å².